The first kappa shape index (κ1) is 15.2. The maximum atomic E-state index is 12.6. The molecule has 1 heterocycles. The Morgan fingerprint density at radius 1 is 1.45 bits per heavy atom. The molecule has 0 saturated carbocycles. The largest absolute Gasteiger partial charge is 0.398 e. The van der Waals surface area contributed by atoms with Crippen molar-refractivity contribution in [1.82, 2.24) is 4.31 Å². The Balaban J connectivity index is 2.34. The van der Waals surface area contributed by atoms with E-state index >= 15 is 0 Å². The summed E-state index contributed by atoms with van der Waals surface area (Å²) >= 11 is 0. The number of nitrogens with two attached hydrogens (primary N) is 1. The van der Waals surface area contributed by atoms with Crippen molar-refractivity contribution < 1.29 is 18.3 Å². The highest BCUT2D eigenvalue weighted by molar-refractivity contribution is 7.89. The lowest BCUT2D eigenvalue weighted by Gasteiger charge is -2.35. The van der Waals surface area contributed by atoms with Gasteiger partial charge in [-0.05, 0) is 31.5 Å². The average Bonchev–Trinajstić information content (AvgIpc) is 2.37. The lowest BCUT2D eigenvalue weighted by atomic mass is 10.2. The van der Waals surface area contributed by atoms with Gasteiger partial charge >= 0.3 is 0 Å². The van der Waals surface area contributed by atoms with E-state index in [2.05, 4.69) is 0 Å². The van der Waals surface area contributed by atoms with Crippen LogP contribution >= 0.6 is 0 Å². The summed E-state index contributed by atoms with van der Waals surface area (Å²) in [5.41, 5.74) is 6.98. The molecule has 3 N–H and O–H groups in total. The van der Waals surface area contributed by atoms with Crippen molar-refractivity contribution in [2.75, 3.05) is 25.4 Å². The van der Waals surface area contributed by atoms with Crippen LogP contribution in [0.2, 0.25) is 0 Å². The van der Waals surface area contributed by atoms with Crippen LogP contribution in [0.4, 0.5) is 5.69 Å². The van der Waals surface area contributed by atoms with E-state index in [1.807, 2.05) is 6.92 Å². The zero-order chi connectivity index (χ0) is 14.9. The standard InChI is InChI=1S/C13H20N2O4S/c1-9-3-4-13(12(14)5-9)20(17,18)15-6-10(2)19-11(7-15)8-16/h3-5,10-11,16H,6-8,14H2,1-2H3. The molecule has 0 amide bonds. The van der Waals surface area contributed by atoms with Crippen LogP contribution in [0.1, 0.15) is 12.5 Å². The summed E-state index contributed by atoms with van der Waals surface area (Å²) in [5.74, 6) is 0. The minimum absolute atomic E-state index is 0.105. The van der Waals surface area contributed by atoms with Crippen molar-refractivity contribution in [3.8, 4) is 0 Å². The number of hydrogen-bond donors (Lipinski definition) is 2. The average molecular weight is 300 g/mol. The molecule has 2 atom stereocenters. The molecule has 1 aliphatic heterocycles. The molecule has 2 unspecified atom stereocenters. The van der Waals surface area contributed by atoms with Gasteiger partial charge in [0.05, 0.1) is 24.5 Å². The van der Waals surface area contributed by atoms with E-state index < -0.39 is 16.1 Å². The predicted molar refractivity (Wildman–Crippen MR) is 75.8 cm³/mol. The molecule has 112 valence electrons. The fourth-order valence-corrected chi connectivity index (χ4v) is 3.99. The van der Waals surface area contributed by atoms with Gasteiger partial charge < -0.3 is 15.6 Å². The van der Waals surface area contributed by atoms with Crippen molar-refractivity contribution in [2.24, 2.45) is 0 Å². The number of rotatable bonds is 3. The third kappa shape index (κ3) is 2.95. The first-order valence-corrected chi connectivity index (χ1v) is 7.91. The molecule has 1 aromatic rings. The van der Waals surface area contributed by atoms with Gasteiger partial charge in [0.15, 0.2) is 0 Å². The van der Waals surface area contributed by atoms with Crippen molar-refractivity contribution >= 4 is 15.7 Å². The molecule has 0 aromatic heterocycles. The minimum Gasteiger partial charge on any atom is -0.398 e. The van der Waals surface area contributed by atoms with Crippen molar-refractivity contribution in [3.05, 3.63) is 23.8 Å². The summed E-state index contributed by atoms with van der Waals surface area (Å²) < 4.78 is 32.1. The van der Waals surface area contributed by atoms with Gasteiger partial charge in [0.25, 0.3) is 0 Å². The van der Waals surface area contributed by atoms with E-state index in [1.54, 1.807) is 19.1 Å². The van der Waals surface area contributed by atoms with E-state index in [1.165, 1.54) is 10.4 Å². The number of hydrogen-bond acceptors (Lipinski definition) is 5. The second kappa shape index (κ2) is 5.69. The zero-order valence-electron chi connectivity index (χ0n) is 11.6. The fourth-order valence-electron chi connectivity index (χ4n) is 2.34. The van der Waals surface area contributed by atoms with Gasteiger partial charge in [-0.1, -0.05) is 6.07 Å². The maximum Gasteiger partial charge on any atom is 0.245 e. The van der Waals surface area contributed by atoms with Gasteiger partial charge in [-0.2, -0.15) is 4.31 Å². The molecule has 1 saturated heterocycles. The van der Waals surface area contributed by atoms with Gasteiger partial charge in [-0.3, -0.25) is 0 Å². The summed E-state index contributed by atoms with van der Waals surface area (Å²) in [6, 6.07) is 4.88. The Kier molecular flexibility index (Phi) is 4.33. The summed E-state index contributed by atoms with van der Waals surface area (Å²) in [4.78, 5) is 0.105. The van der Waals surface area contributed by atoms with Crippen LogP contribution in [0.25, 0.3) is 0 Å². The Bertz CT molecular complexity index is 588. The van der Waals surface area contributed by atoms with E-state index in [0.29, 0.717) is 0 Å². The zero-order valence-corrected chi connectivity index (χ0v) is 12.4. The van der Waals surface area contributed by atoms with E-state index in [-0.39, 0.29) is 36.4 Å². The normalized spacial score (nSPS) is 24.8. The van der Waals surface area contributed by atoms with Crippen molar-refractivity contribution in [3.63, 3.8) is 0 Å². The topological polar surface area (TPSA) is 92.9 Å². The highest BCUT2D eigenvalue weighted by Gasteiger charge is 2.34. The maximum absolute atomic E-state index is 12.6. The van der Waals surface area contributed by atoms with E-state index in [4.69, 9.17) is 10.5 Å². The second-order valence-electron chi connectivity index (χ2n) is 5.11. The summed E-state index contributed by atoms with van der Waals surface area (Å²) in [5, 5.41) is 9.18. The van der Waals surface area contributed by atoms with E-state index in [9.17, 15) is 13.5 Å². The fraction of sp³-hybridized carbons (Fsp3) is 0.538. The van der Waals surface area contributed by atoms with Crippen LogP contribution in [0.5, 0.6) is 0 Å². The molecular weight excluding hydrogens is 280 g/mol. The Morgan fingerprint density at radius 3 is 2.75 bits per heavy atom. The Labute approximate surface area is 119 Å². The number of anilines is 1. The first-order valence-electron chi connectivity index (χ1n) is 6.47. The van der Waals surface area contributed by atoms with Crippen LogP contribution in [0.3, 0.4) is 0 Å². The molecular formula is C13H20N2O4S. The molecule has 1 fully saturated rings. The van der Waals surface area contributed by atoms with Crippen molar-refractivity contribution in [2.45, 2.75) is 31.0 Å². The van der Waals surface area contributed by atoms with Crippen LogP contribution in [0.15, 0.2) is 23.1 Å². The SMILES string of the molecule is Cc1ccc(S(=O)(=O)N2CC(C)OC(CO)C2)c(N)c1. The molecule has 1 aromatic carbocycles. The van der Waals surface area contributed by atoms with E-state index in [0.717, 1.165) is 5.56 Å². The minimum atomic E-state index is -3.67. The Hall–Kier alpha value is -1.15. The van der Waals surface area contributed by atoms with Crippen LogP contribution in [0, 0.1) is 6.92 Å². The molecule has 6 nitrogen and oxygen atoms in total. The van der Waals surface area contributed by atoms with Gasteiger partial charge in [0, 0.05) is 13.1 Å². The molecule has 0 spiro atoms. The molecule has 0 aliphatic carbocycles. The number of nitrogens with zero attached hydrogens (tertiary/aromatic N) is 1. The summed E-state index contributed by atoms with van der Waals surface area (Å²) in [6.45, 7) is 3.82. The number of aliphatic hydroxyl groups excluding tert-OH is 1. The summed E-state index contributed by atoms with van der Waals surface area (Å²) in [7, 11) is -3.67. The number of aliphatic hydroxyl groups is 1. The molecule has 20 heavy (non-hydrogen) atoms. The number of nitrogen functional groups attached to an aromatic ring is 1. The third-order valence-corrected chi connectivity index (χ3v) is 5.19. The molecule has 1 aliphatic rings. The molecule has 7 heteroatoms. The number of morpholine rings is 1. The van der Waals surface area contributed by atoms with Crippen molar-refractivity contribution in [1.29, 1.82) is 0 Å². The highest BCUT2D eigenvalue weighted by Crippen LogP contribution is 2.26. The quantitative estimate of drug-likeness (QED) is 0.786. The number of aryl methyl sites for hydroxylation is 1. The van der Waals surface area contributed by atoms with Crippen LogP contribution in [-0.2, 0) is 14.8 Å². The van der Waals surface area contributed by atoms with Crippen LogP contribution in [-0.4, -0.2) is 49.7 Å². The highest BCUT2D eigenvalue weighted by atomic mass is 32.2. The molecule has 2 rings (SSSR count). The number of benzene rings is 1. The lowest BCUT2D eigenvalue weighted by molar-refractivity contribution is -0.0750. The number of sulfonamides is 1. The summed E-state index contributed by atoms with van der Waals surface area (Å²) in [6.07, 6.45) is -0.762. The van der Waals surface area contributed by atoms with Gasteiger partial charge in [-0.15, -0.1) is 0 Å². The predicted octanol–water partition coefficient (Wildman–Crippen LogP) is 0.348. The molecule has 0 radical (unpaired) electrons. The van der Waals surface area contributed by atoms with Crippen LogP contribution < -0.4 is 5.73 Å². The van der Waals surface area contributed by atoms with Gasteiger partial charge in [0.1, 0.15) is 4.90 Å². The first-order chi connectivity index (χ1) is 9.34. The lowest BCUT2D eigenvalue weighted by Crippen LogP contribution is -2.50. The number of ether oxygens (including phenoxy) is 1. The second-order valence-corrected chi connectivity index (χ2v) is 7.02. The van der Waals surface area contributed by atoms with Gasteiger partial charge in [-0.25, -0.2) is 8.42 Å². The molecule has 0 bridgehead atoms. The van der Waals surface area contributed by atoms with Gasteiger partial charge in [0.2, 0.25) is 10.0 Å². The monoisotopic (exact) mass is 300 g/mol. The smallest absolute Gasteiger partial charge is 0.245 e. The Morgan fingerprint density at radius 2 is 2.15 bits per heavy atom. The third-order valence-electron chi connectivity index (χ3n) is 3.28.